The minimum absolute atomic E-state index is 0.168. The van der Waals surface area contributed by atoms with Gasteiger partial charge in [-0.05, 0) is 41.4 Å². The van der Waals surface area contributed by atoms with E-state index in [9.17, 15) is 4.79 Å². The highest BCUT2D eigenvalue weighted by molar-refractivity contribution is 5.95. The number of benzene rings is 1. The average molecular weight is 217 g/mol. The van der Waals surface area contributed by atoms with Crippen molar-refractivity contribution in [1.82, 2.24) is 0 Å². The van der Waals surface area contributed by atoms with Gasteiger partial charge in [-0.15, -0.1) is 0 Å². The first-order valence-corrected chi connectivity index (χ1v) is 5.90. The number of nitrogens with two attached hydrogens (primary N) is 1. The maximum atomic E-state index is 11.5. The third-order valence-corrected chi connectivity index (χ3v) is 3.76. The first-order valence-electron chi connectivity index (χ1n) is 5.90. The van der Waals surface area contributed by atoms with Gasteiger partial charge in [-0.1, -0.05) is 32.9 Å². The summed E-state index contributed by atoms with van der Waals surface area (Å²) < 4.78 is 0. The highest BCUT2D eigenvalue weighted by Crippen LogP contribution is 2.48. The van der Waals surface area contributed by atoms with Gasteiger partial charge >= 0.3 is 0 Å². The molecule has 1 amide bonds. The van der Waals surface area contributed by atoms with E-state index in [1.165, 1.54) is 11.1 Å². The summed E-state index contributed by atoms with van der Waals surface area (Å²) in [6, 6.07) is 5.93. The zero-order valence-corrected chi connectivity index (χ0v) is 10.2. The largest absolute Gasteiger partial charge is 0.366 e. The van der Waals surface area contributed by atoms with Crippen molar-refractivity contribution in [2.75, 3.05) is 0 Å². The topological polar surface area (TPSA) is 43.1 Å². The van der Waals surface area contributed by atoms with E-state index in [0.717, 1.165) is 18.4 Å². The molecule has 0 spiro atoms. The molecule has 0 bridgehead atoms. The second kappa shape index (κ2) is 3.62. The van der Waals surface area contributed by atoms with Crippen molar-refractivity contribution in [3.63, 3.8) is 0 Å². The Labute approximate surface area is 96.8 Å². The predicted molar refractivity (Wildman–Crippen MR) is 65.6 cm³/mol. The number of fused-ring (bicyclic) bond motifs is 1. The van der Waals surface area contributed by atoms with Crippen LogP contribution in [0.3, 0.4) is 0 Å². The summed E-state index contributed by atoms with van der Waals surface area (Å²) >= 11 is 0. The molecule has 16 heavy (non-hydrogen) atoms. The molecule has 0 aliphatic heterocycles. The molecule has 1 aromatic carbocycles. The Bertz CT molecular complexity index is 434. The van der Waals surface area contributed by atoms with Gasteiger partial charge in [0.25, 0.3) is 0 Å². The zero-order valence-electron chi connectivity index (χ0n) is 10.2. The van der Waals surface area contributed by atoms with Crippen LogP contribution in [0.25, 0.3) is 0 Å². The Morgan fingerprint density at radius 1 is 1.50 bits per heavy atom. The van der Waals surface area contributed by atoms with Crippen LogP contribution in [0, 0.1) is 0 Å². The fourth-order valence-electron chi connectivity index (χ4n) is 2.99. The summed E-state index contributed by atoms with van der Waals surface area (Å²) in [7, 11) is 0. The van der Waals surface area contributed by atoms with E-state index in [4.69, 9.17) is 5.73 Å². The molecular formula is C14H19NO. The molecular weight excluding hydrogens is 198 g/mol. The van der Waals surface area contributed by atoms with Crippen molar-refractivity contribution in [1.29, 1.82) is 0 Å². The molecule has 1 atom stereocenters. The lowest BCUT2D eigenvalue weighted by Gasteiger charge is -2.19. The van der Waals surface area contributed by atoms with Gasteiger partial charge in [-0.2, -0.15) is 0 Å². The summed E-state index contributed by atoms with van der Waals surface area (Å²) in [4.78, 5) is 11.5. The normalized spacial score (nSPS) is 21.8. The highest BCUT2D eigenvalue weighted by atomic mass is 16.1. The van der Waals surface area contributed by atoms with E-state index in [0.29, 0.717) is 5.92 Å². The number of hydrogen-bond acceptors (Lipinski definition) is 1. The first kappa shape index (κ1) is 11.2. The zero-order chi connectivity index (χ0) is 11.9. The average Bonchev–Trinajstić information content (AvgIpc) is 2.50. The summed E-state index contributed by atoms with van der Waals surface area (Å²) in [5.74, 6) is 0.182. The molecule has 86 valence electrons. The van der Waals surface area contributed by atoms with Crippen LogP contribution < -0.4 is 5.73 Å². The quantitative estimate of drug-likeness (QED) is 0.813. The third kappa shape index (κ3) is 1.53. The van der Waals surface area contributed by atoms with Crippen molar-refractivity contribution in [2.45, 2.75) is 44.9 Å². The minimum Gasteiger partial charge on any atom is -0.366 e. The van der Waals surface area contributed by atoms with Crippen LogP contribution in [-0.4, -0.2) is 5.91 Å². The van der Waals surface area contributed by atoms with Crippen molar-refractivity contribution >= 4 is 5.91 Å². The van der Waals surface area contributed by atoms with E-state index < -0.39 is 0 Å². The molecule has 0 aromatic heterocycles. The lowest BCUT2D eigenvalue weighted by Crippen LogP contribution is -2.15. The number of hydrogen-bond donors (Lipinski definition) is 1. The fraction of sp³-hybridized carbons (Fsp3) is 0.500. The van der Waals surface area contributed by atoms with Crippen molar-refractivity contribution in [2.24, 2.45) is 5.73 Å². The van der Waals surface area contributed by atoms with Gasteiger partial charge in [0.15, 0.2) is 0 Å². The maximum absolute atomic E-state index is 11.5. The minimum atomic E-state index is -0.298. The number of primary amides is 1. The number of amides is 1. The van der Waals surface area contributed by atoms with E-state index in [1.807, 2.05) is 12.1 Å². The summed E-state index contributed by atoms with van der Waals surface area (Å²) in [5, 5.41) is 0. The number of carbonyl (C=O) groups excluding carboxylic acids is 1. The van der Waals surface area contributed by atoms with Crippen LogP contribution in [0.1, 0.15) is 61.0 Å². The lowest BCUT2D eigenvalue weighted by molar-refractivity contribution is 0.0999. The monoisotopic (exact) mass is 217 g/mol. The second-order valence-corrected chi connectivity index (χ2v) is 5.32. The molecule has 0 saturated carbocycles. The van der Waals surface area contributed by atoms with Crippen molar-refractivity contribution in [3.05, 3.63) is 34.9 Å². The summed E-state index contributed by atoms with van der Waals surface area (Å²) in [6.07, 6.45) is 2.18. The smallest absolute Gasteiger partial charge is 0.248 e. The fourth-order valence-corrected chi connectivity index (χ4v) is 2.99. The second-order valence-electron chi connectivity index (χ2n) is 5.32. The Balaban J connectivity index is 2.65. The van der Waals surface area contributed by atoms with E-state index in [2.05, 4.69) is 26.8 Å². The Morgan fingerprint density at radius 3 is 2.75 bits per heavy atom. The molecule has 1 unspecified atom stereocenters. The third-order valence-electron chi connectivity index (χ3n) is 3.76. The summed E-state index contributed by atoms with van der Waals surface area (Å²) in [5.41, 5.74) is 8.84. The Kier molecular flexibility index (Phi) is 2.53. The van der Waals surface area contributed by atoms with Crippen LogP contribution in [0.4, 0.5) is 0 Å². The molecule has 0 radical (unpaired) electrons. The van der Waals surface area contributed by atoms with Gasteiger partial charge in [0, 0.05) is 5.56 Å². The number of carbonyl (C=O) groups is 1. The van der Waals surface area contributed by atoms with Crippen LogP contribution >= 0.6 is 0 Å². The number of rotatable bonds is 2. The van der Waals surface area contributed by atoms with Crippen molar-refractivity contribution in [3.8, 4) is 0 Å². The molecule has 2 nitrogen and oxygen atoms in total. The highest BCUT2D eigenvalue weighted by Gasteiger charge is 2.37. The Hall–Kier alpha value is -1.31. The van der Waals surface area contributed by atoms with E-state index in [-0.39, 0.29) is 11.3 Å². The molecule has 1 aromatic rings. The van der Waals surface area contributed by atoms with Gasteiger partial charge in [0.1, 0.15) is 0 Å². The lowest BCUT2D eigenvalue weighted by atomic mass is 9.85. The maximum Gasteiger partial charge on any atom is 0.248 e. The van der Waals surface area contributed by atoms with Crippen molar-refractivity contribution < 1.29 is 4.79 Å². The van der Waals surface area contributed by atoms with Gasteiger partial charge < -0.3 is 5.73 Å². The van der Waals surface area contributed by atoms with Crippen LogP contribution in [0.15, 0.2) is 18.2 Å². The van der Waals surface area contributed by atoms with Crippen LogP contribution in [0.2, 0.25) is 0 Å². The van der Waals surface area contributed by atoms with Crippen LogP contribution in [-0.2, 0) is 5.41 Å². The van der Waals surface area contributed by atoms with Gasteiger partial charge in [-0.3, -0.25) is 4.79 Å². The van der Waals surface area contributed by atoms with E-state index >= 15 is 0 Å². The Morgan fingerprint density at radius 2 is 2.19 bits per heavy atom. The molecule has 0 fully saturated rings. The molecule has 1 aliphatic rings. The van der Waals surface area contributed by atoms with Crippen LogP contribution in [0.5, 0.6) is 0 Å². The predicted octanol–water partition coefficient (Wildman–Crippen LogP) is 2.96. The van der Waals surface area contributed by atoms with E-state index in [1.54, 1.807) is 0 Å². The molecule has 2 rings (SSSR count). The molecule has 2 heteroatoms. The first-order chi connectivity index (χ1) is 7.47. The van der Waals surface area contributed by atoms with Gasteiger partial charge in [0.05, 0.1) is 0 Å². The summed E-state index contributed by atoms with van der Waals surface area (Å²) in [6.45, 7) is 6.66. The van der Waals surface area contributed by atoms with Gasteiger partial charge in [-0.25, -0.2) is 0 Å². The molecule has 0 heterocycles. The molecule has 1 aliphatic carbocycles. The standard InChI is InChI=1S/C14H19NO/c1-4-9-8-14(2,3)11-7-5-6-10(12(9)11)13(15)16/h5-7,9H,4,8H2,1-3H3,(H2,15,16). The molecule has 2 N–H and O–H groups in total. The van der Waals surface area contributed by atoms with Gasteiger partial charge in [0.2, 0.25) is 5.91 Å². The SMILES string of the molecule is CCC1CC(C)(C)c2cccc(C(N)=O)c21. The molecule has 0 saturated heterocycles.